The Labute approximate surface area is 164 Å². The predicted molar refractivity (Wildman–Crippen MR) is 107 cm³/mol. The van der Waals surface area contributed by atoms with Crippen molar-refractivity contribution in [3.05, 3.63) is 64.1 Å². The molecule has 2 aromatic rings. The van der Waals surface area contributed by atoms with E-state index >= 15 is 0 Å². The summed E-state index contributed by atoms with van der Waals surface area (Å²) in [6.07, 6.45) is -0.504. The van der Waals surface area contributed by atoms with E-state index in [-0.39, 0.29) is 0 Å². The van der Waals surface area contributed by atoms with Gasteiger partial charge in [0.05, 0.1) is 19.3 Å². The Morgan fingerprint density at radius 2 is 1.77 bits per heavy atom. The lowest BCUT2D eigenvalue weighted by Crippen LogP contribution is -2.49. The first-order valence-electron chi connectivity index (χ1n) is 8.84. The lowest BCUT2D eigenvalue weighted by Gasteiger charge is -2.36. The fourth-order valence-electron chi connectivity index (χ4n) is 3.13. The lowest BCUT2D eigenvalue weighted by molar-refractivity contribution is 0.00916. The molecule has 0 spiro atoms. The topological polar surface area (TPSA) is 35.9 Å². The van der Waals surface area contributed by atoms with Crippen molar-refractivity contribution in [2.75, 3.05) is 44.2 Å². The summed E-state index contributed by atoms with van der Waals surface area (Å²) in [6.45, 7) is 5.01. The minimum absolute atomic E-state index is 0.305. The first kappa shape index (κ1) is 19.5. The highest BCUT2D eigenvalue weighted by molar-refractivity contribution is 6.31. The molecule has 1 atom stereocenters. The number of aliphatic hydroxyl groups excluding tert-OH is 1. The number of aliphatic hydroxyl groups is 1. The summed E-state index contributed by atoms with van der Waals surface area (Å²) >= 11 is 12.2. The zero-order chi connectivity index (χ0) is 18.4. The molecule has 0 radical (unpaired) electrons. The van der Waals surface area contributed by atoms with Crippen LogP contribution in [0.15, 0.2) is 48.5 Å². The molecule has 1 aliphatic heterocycles. The highest BCUT2D eigenvalue weighted by Crippen LogP contribution is 2.21. The van der Waals surface area contributed by atoms with E-state index in [1.165, 1.54) is 0 Å². The van der Waals surface area contributed by atoms with Gasteiger partial charge >= 0.3 is 0 Å². The monoisotopic (exact) mass is 394 g/mol. The van der Waals surface area contributed by atoms with Crippen LogP contribution >= 0.6 is 23.2 Å². The number of piperazine rings is 1. The maximum absolute atomic E-state index is 10.2. The molecule has 0 unspecified atom stereocenters. The molecular formula is C20H24Cl2N2O2. The van der Waals surface area contributed by atoms with Gasteiger partial charge in [0.1, 0.15) is 0 Å². The molecule has 1 saturated heterocycles. The molecule has 6 heteroatoms. The fourth-order valence-corrected chi connectivity index (χ4v) is 3.51. The molecule has 1 heterocycles. The second kappa shape index (κ2) is 9.58. The molecule has 2 aromatic carbocycles. The molecule has 4 nitrogen and oxygen atoms in total. The number of nitrogens with zero attached hydrogens (tertiary/aromatic N) is 2. The third-order valence-electron chi connectivity index (χ3n) is 4.54. The van der Waals surface area contributed by atoms with E-state index in [0.29, 0.717) is 24.8 Å². The second-order valence-electron chi connectivity index (χ2n) is 6.53. The zero-order valence-electron chi connectivity index (χ0n) is 14.7. The average Bonchev–Trinajstić information content (AvgIpc) is 2.64. The number of β-amino-alcohol motifs (C(OH)–C–C–N with tert-alkyl or cyclic N) is 1. The average molecular weight is 395 g/mol. The fraction of sp³-hybridized carbons (Fsp3) is 0.400. The first-order valence-corrected chi connectivity index (χ1v) is 9.59. The highest BCUT2D eigenvalue weighted by atomic mass is 35.5. The van der Waals surface area contributed by atoms with E-state index in [1.807, 2.05) is 42.5 Å². The SMILES string of the molecule is O[C@@H](COCc1ccccc1Cl)CN1CCN(c2cccc(Cl)c2)CC1. The number of halogens is 2. The van der Waals surface area contributed by atoms with E-state index in [4.69, 9.17) is 27.9 Å². The molecule has 1 aliphatic rings. The lowest BCUT2D eigenvalue weighted by atomic mass is 10.2. The summed E-state index contributed by atoms with van der Waals surface area (Å²) in [5.74, 6) is 0. The number of rotatable bonds is 7. The van der Waals surface area contributed by atoms with E-state index in [1.54, 1.807) is 0 Å². The molecule has 0 aliphatic carbocycles. The van der Waals surface area contributed by atoms with Gasteiger partial charge in [0, 0.05) is 48.5 Å². The van der Waals surface area contributed by atoms with E-state index in [0.717, 1.165) is 42.5 Å². The van der Waals surface area contributed by atoms with Gasteiger partial charge in [-0.15, -0.1) is 0 Å². The smallest absolute Gasteiger partial charge is 0.0900 e. The van der Waals surface area contributed by atoms with Crippen molar-refractivity contribution in [3.8, 4) is 0 Å². The van der Waals surface area contributed by atoms with Crippen molar-refractivity contribution in [2.45, 2.75) is 12.7 Å². The summed E-state index contributed by atoms with van der Waals surface area (Å²) in [7, 11) is 0. The summed E-state index contributed by atoms with van der Waals surface area (Å²) < 4.78 is 5.62. The van der Waals surface area contributed by atoms with Crippen LogP contribution in [0.2, 0.25) is 10.0 Å². The Hall–Kier alpha value is -1.30. The van der Waals surface area contributed by atoms with Crippen LogP contribution in [0.4, 0.5) is 5.69 Å². The molecule has 1 N–H and O–H groups in total. The van der Waals surface area contributed by atoms with Gasteiger partial charge in [0.2, 0.25) is 0 Å². The third kappa shape index (κ3) is 5.60. The van der Waals surface area contributed by atoms with Crippen molar-refractivity contribution >= 4 is 28.9 Å². The van der Waals surface area contributed by atoms with Gasteiger partial charge < -0.3 is 14.7 Å². The molecule has 0 aromatic heterocycles. The Kier molecular flexibility index (Phi) is 7.17. The molecule has 1 fully saturated rings. The largest absolute Gasteiger partial charge is 0.389 e. The Morgan fingerprint density at radius 3 is 2.50 bits per heavy atom. The van der Waals surface area contributed by atoms with Crippen LogP contribution in [-0.4, -0.2) is 55.4 Å². The van der Waals surface area contributed by atoms with Gasteiger partial charge in [0.15, 0.2) is 0 Å². The van der Waals surface area contributed by atoms with Crippen molar-refractivity contribution in [3.63, 3.8) is 0 Å². The Balaban J connectivity index is 1.38. The van der Waals surface area contributed by atoms with Crippen LogP contribution in [0.3, 0.4) is 0 Å². The highest BCUT2D eigenvalue weighted by Gasteiger charge is 2.19. The van der Waals surface area contributed by atoms with E-state index < -0.39 is 6.10 Å². The Morgan fingerprint density at radius 1 is 1.00 bits per heavy atom. The first-order chi connectivity index (χ1) is 12.6. The molecule has 26 heavy (non-hydrogen) atoms. The maximum Gasteiger partial charge on any atom is 0.0900 e. The minimum atomic E-state index is -0.504. The number of benzene rings is 2. The summed E-state index contributed by atoms with van der Waals surface area (Å²) in [4.78, 5) is 4.59. The number of ether oxygens (including phenoxy) is 1. The van der Waals surface area contributed by atoms with E-state index in [9.17, 15) is 5.11 Å². The second-order valence-corrected chi connectivity index (χ2v) is 7.37. The van der Waals surface area contributed by atoms with Crippen molar-refractivity contribution in [2.24, 2.45) is 0 Å². The number of hydrogen-bond donors (Lipinski definition) is 1. The van der Waals surface area contributed by atoms with Gasteiger partial charge in [-0.3, -0.25) is 4.90 Å². The minimum Gasteiger partial charge on any atom is -0.389 e. The van der Waals surface area contributed by atoms with Crippen LogP contribution in [0, 0.1) is 0 Å². The molecule has 0 amide bonds. The normalized spacial score (nSPS) is 16.7. The summed E-state index contributed by atoms with van der Waals surface area (Å²) in [5.41, 5.74) is 2.09. The predicted octanol–water partition coefficient (Wildman–Crippen LogP) is 3.69. The van der Waals surface area contributed by atoms with Crippen LogP contribution < -0.4 is 4.90 Å². The van der Waals surface area contributed by atoms with Crippen molar-refractivity contribution in [1.29, 1.82) is 0 Å². The Bertz CT molecular complexity index is 706. The number of anilines is 1. The van der Waals surface area contributed by atoms with Gasteiger partial charge in [-0.1, -0.05) is 47.5 Å². The maximum atomic E-state index is 10.2. The molecule has 3 rings (SSSR count). The zero-order valence-corrected chi connectivity index (χ0v) is 16.2. The van der Waals surface area contributed by atoms with Crippen LogP contribution in [0.5, 0.6) is 0 Å². The van der Waals surface area contributed by atoms with Crippen LogP contribution in [0.1, 0.15) is 5.56 Å². The summed E-state index contributed by atoms with van der Waals surface area (Å²) in [5, 5.41) is 11.7. The molecular weight excluding hydrogens is 371 g/mol. The summed E-state index contributed by atoms with van der Waals surface area (Å²) in [6, 6.07) is 15.5. The molecule has 140 valence electrons. The van der Waals surface area contributed by atoms with Crippen molar-refractivity contribution in [1.82, 2.24) is 4.90 Å². The van der Waals surface area contributed by atoms with Gasteiger partial charge in [0.25, 0.3) is 0 Å². The van der Waals surface area contributed by atoms with Gasteiger partial charge in [-0.05, 0) is 29.8 Å². The standard InChI is InChI=1S/C20H24Cl2N2O2/c21-17-5-3-6-18(12-17)24-10-8-23(9-11-24)13-19(25)15-26-14-16-4-1-2-7-20(16)22/h1-7,12,19,25H,8-11,13-15H2/t19-/m1/s1. The quantitative estimate of drug-likeness (QED) is 0.776. The van der Waals surface area contributed by atoms with Gasteiger partial charge in [-0.25, -0.2) is 0 Å². The van der Waals surface area contributed by atoms with Crippen LogP contribution in [-0.2, 0) is 11.3 Å². The van der Waals surface area contributed by atoms with Crippen molar-refractivity contribution < 1.29 is 9.84 Å². The van der Waals surface area contributed by atoms with Gasteiger partial charge in [-0.2, -0.15) is 0 Å². The van der Waals surface area contributed by atoms with Crippen LogP contribution in [0.25, 0.3) is 0 Å². The number of hydrogen-bond acceptors (Lipinski definition) is 4. The molecule has 0 bridgehead atoms. The molecule has 0 saturated carbocycles. The van der Waals surface area contributed by atoms with E-state index in [2.05, 4.69) is 15.9 Å². The third-order valence-corrected chi connectivity index (χ3v) is 5.14.